The summed E-state index contributed by atoms with van der Waals surface area (Å²) < 4.78 is 0. The molecule has 1 atom stereocenters. The molecule has 0 aromatic rings. The second-order valence-electron chi connectivity index (χ2n) is 5.60. The quantitative estimate of drug-likeness (QED) is 0.718. The summed E-state index contributed by atoms with van der Waals surface area (Å²) in [5.74, 6) is 0.0655. The molecule has 1 amide bonds. The third-order valence-corrected chi connectivity index (χ3v) is 4.14. The molecule has 2 saturated heterocycles. The molecule has 2 aliphatic rings. The Morgan fingerprint density at radius 1 is 1.28 bits per heavy atom. The topological polar surface area (TPSA) is 61.6 Å². The Hall–Kier alpha value is -0.650. The smallest absolute Gasteiger partial charge is 0.216 e. The molecule has 0 saturated carbocycles. The van der Waals surface area contributed by atoms with Crippen molar-refractivity contribution in [3.63, 3.8) is 0 Å². The van der Waals surface area contributed by atoms with Gasteiger partial charge in [0.05, 0.1) is 0 Å². The number of rotatable bonds is 4. The lowest BCUT2D eigenvalue weighted by molar-refractivity contribution is -0.119. The van der Waals surface area contributed by atoms with Crippen molar-refractivity contribution in [1.29, 1.82) is 0 Å². The molecule has 0 aliphatic carbocycles. The highest BCUT2D eigenvalue weighted by atomic mass is 16.1. The lowest BCUT2D eigenvalue weighted by Gasteiger charge is -2.34. The van der Waals surface area contributed by atoms with Gasteiger partial charge < -0.3 is 11.1 Å². The SMILES string of the molecule is CC(=O)NCCN1CCC(N2CCC(N)CC2)C1. The van der Waals surface area contributed by atoms with Crippen molar-refractivity contribution < 1.29 is 4.79 Å². The van der Waals surface area contributed by atoms with E-state index in [2.05, 4.69) is 15.1 Å². The second-order valence-corrected chi connectivity index (χ2v) is 5.60. The minimum absolute atomic E-state index is 0.0655. The Labute approximate surface area is 110 Å². The molecule has 0 bridgehead atoms. The van der Waals surface area contributed by atoms with Gasteiger partial charge in [-0.05, 0) is 38.9 Å². The average molecular weight is 254 g/mol. The molecule has 104 valence electrons. The van der Waals surface area contributed by atoms with Crippen LogP contribution >= 0.6 is 0 Å². The van der Waals surface area contributed by atoms with Crippen molar-refractivity contribution in [2.45, 2.75) is 38.3 Å². The zero-order valence-corrected chi connectivity index (χ0v) is 11.4. The van der Waals surface area contributed by atoms with Crippen LogP contribution in [-0.2, 0) is 4.79 Å². The molecule has 0 radical (unpaired) electrons. The number of piperidine rings is 1. The van der Waals surface area contributed by atoms with Crippen molar-refractivity contribution in [1.82, 2.24) is 15.1 Å². The maximum atomic E-state index is 10.8. The van der Waals surface area contributed by atoms with E-state index in [0.29, 0.717) is 12.1 Å². The molecule has 5 nitrogen and oxygen atoms in total. The molecule has 2 rings (SSSR count). The van der Waals surface area contributed by atoms with Gasteiger partial charge in [-0.3, -0.25) is 14.6 Å². The van der Waals surface area contributed by atoms with Gasteiger partial charge in [0.25, 0.3) is 0 Å². The molecule has 2 aliphatic heterocycles. The molecule has 2 heterocycles. The van der Waals surface area contributed by atoms with E-state index in [4.69, 9.17) is 5.73 Å². The van der Waals surface area contributed by atoms with Gasteiger partial charge in [0.15, 0.2) is 0 Å². The molecule has 0 aromatic carbocycles. The number of carbonyl (C=O) groups excluding carboxylic acids is 1. The molecular formula is C13H26N4O. The summed E-state index contributed by atoms with van der Waals surface area (Å²) in [4.78, 5) is 15.9. The maximum absolute atomic E-state index is 10.8. The molecule has 1 unspecified atom stereocenters. The fraction of sp³-hybridized carbons (Fsp3) is 0.923. The van der Waals surface area contributed by atoms with Crippen LogP contribution in [0, 0.1) is 0 Å². The van der Waals surface area contributed by atoms with Gasteiger partial charge in [-0.25, -0.2) is 0 Å². The zero-order chi connectivity index (χ0) is 13.0. The monoisotopic (exact) mass is 254 g/mol. The number of hydrogen-bond donors (Lipinski definition) is 2. The van der Waals surface area contributed by atoms with Gasteiger partial charge in [0.1, 0.15) is 0 Å². The van der Waals surface area contributed by atoms with Crippen LogP contribution in [0.2, 0.25) is 0 Å². The summed E-state index contributed by atoms with van der Waals surface area (Å²) in [5, 5.41) is 2.86. The van der Waals surface area contributed by atoms with E-state index in [1.165, 1.54) is 6.42 Å². The largest absolute Gasteiger partial charge is 0.355 e. The van der Waals surface area contributed by atoms with Crippen LogP contribution in [0.3, 0.4) is 0 Å². The van der Waals surface area contributed by atoms with Crippen LogP contribution < -0.4 is 11.1 Å². The van der Waals surface area contributed by atoms with E-state index < -0.39 is 0 Å². The fourth-order valence-electron chi connectivity index (χ4n) is 2.99. The van der Waals surface area contributed by atoms with E-state index in [1.54, 1.807) is 6.92 Å². The van der Waals surface area contributed by atoms with Gasteiger partial charge in [0, 0.05) is 38.6 Å². The Kier molecular flexibility index (Phi) is 4.97. The Balaban J connectivity index is 1.66. The highest BCUT2D eigenvalue weighted by Gasteiger charge is 2.29. The van der Waals surface area contributed by atoms with Crippen LogP contribution in [0.15, 0.2) is 0 Å². The first-order valence-corrected chi connectivity index (χ1v) is 7.11. The van der Waals surface area contributed by atoms with Gasteiger partial charge in [-0.1, -0.05) is 0 Å². The number of carbonyl (C=O) groups is 1. The number of amides is 1. The second kappa shape index (κ2) is 6.50. The third-order valence-electron chi connectivity index (χ3n) is 4.14. The summed E-state index contributed by atoms with van der Waals surface area (Å²) in [6.45, 7) is 7.94. The first-order chi connectivity index (χ1) is 8.65. The standard InChI is InChI=1S/C13H26N4O/c1-11(18)15-5-9-16-6-4-13(10-16)17-7-2-12(14)3-8-17/h12-13H,2-10,14H2,1H3,(H,15,18). The van der Waals surface area contributed by atoms with Crippen molar-refractivity contribution >= 4 is 5.91 Å². The zero-order valence-electron chi connectivity index (χ0n) is 11.4. The Bertz CT molecular complexity index is 276. The predicted octanol–water partition coefficient (Wildman–Crippen LogP) is -0.380. The van der Waals surface area contributed by atoms with Gasteiger partial charge in [-0.2, -0.15) is 0 Å². The number of nitrogens with two attached hydrogens (primary N) is 1. The average Bonchev–Trinajstić information content (AvgIpc) is 2.78. The molecule has 0 aromatic heterocycles. The van der Waals surface area contributed by atoms with Gasteiger partial charge >= 0.3 is 0 Å². The van der Waals surface area contributed by atoms with Crippen molar-refractivity contribution in [3.8, 4) is 0 Å². The maximum Gasteiger partial charge on any atom is 0.216 e. The summed E-state index contributed by atoms with van der Waals surface area (Å²) in [5.41, 5.74) is 5.94. The van der Waals surface area contributed by atoms with Crippen molar-refractivity contribution in [2.75, 3.05) is 39.3 Å². The summed E-state index contributed by atoms with van der Waals surface area (Å²) in [6.07, 6.45) is 3.54. The Morgan fingerprint density at radius 3 is 2.67 bits per heavy atom. The van der Waals surface area contributed by atoms with E-state index in [1.807, 2.05) is 0 Å². The van der Waals surface area contributed by atoms with E-state index in [9.17, 15) is 4.79 Å². The molecule has 3 N–H and O–H groups in total. The molecular weight excluding hydrogens is 228 g/mol. The number of nitrogens with zero attached hydrogens (tertiary/aromatic N) is 2. The van der Waals surface area contributed by atoms with E-state index in [-0.39, 0.29) is 5.91 Å². The first-order valence-electron chi connectivity index (χ1n) is 7.11. The molecule has 0 spiro atoms. The molecule has 5 heteroatoms. The summed E-state index contributed by atoms with van der Waals surface area (Å²) in [6, 6.07) is 1.12. The third kappa shape index (κ3) is 3.93. The van der Waals surface area contributed by atoms with Gasteiger partial charge in [-0.15, -0.1) is 0 Å². The van der Waals surface area contributed by atoms with E-state index >= 15 is 0 Å². The lowest BCUT2D eigenvalue weighted by atomic mass is 10.0. The minimum atomic E-state index is 0.0655. The van der Waals surface area contributed by atoms with Crippen LogP contribution in [0.5, 0.6) is 0 Å². The highest BCUT2D eigenvalue weighted by Crippen LogP contribution is 2.19. The molecule has 18 heavy (non-hydrogen) atoms. The molecule has 2 fully saturated rings. The predicted molar refractivity (Wildman–Crippen MR) is 72.3 cm³/mol. The van der Waals surface area contributed by atoms with Crippen LogP contribution in [0.1, 0.15) is 26.2 Å². The lowest BCUT2D eigenvalue weighted by Crippen LogP contribution is -2.46. The van der Waals surface area contributed by atoms with Crippen molar-refractivity contribution in [3.05, 3.63) is 0 Å². The first kappa shape index (κ1) is 13.8. The normalized spacial score (nSPS) is 27.6. The Morgan fingerprint density at radius 2 is 2.00 bits per heavy atom. The fourth-order valence-corrected chi connectivity index (χ4v) is 2.99. The van der Waals surface area contributed by atoms with Gasteiger partial charge in [0.2, 0.25) is 5.91 Å². The van der Waals surface area contributed by atoms with Crippen LogP contribution in [-0.4, -0.2) is 67.1 Å². The summed E-state index contributed by atoms with van der Waals surface area (Å²) in [7, 11) is 0. The number of nitrogens with one attached hydrogen (secondary N) is 1. The minimum Gasteiger partial charge on any atom is -0.355 e. The number of likely N-dealkylation sites (tertiary alicyclic amines) is 2. The number of hydrogen-bond acceptors (Lipinski definition) is 4. The highest BCUT2D eigenvalue weighted by molar-refractivity contribution is 5.72. The summed E-state index contributed by atoms with van der Waals surface area (Å²) >= 11 is 0. The van der Waals surface area contributed by atoms with Crippen LogP contribution in [0.4, 0.5) is 0 Å². The van der Waals surface area contributed by atoms with Crippen molar-refractivity contribution in [2.24, 2.45) is 5.73 Å². The van der Waals surface area contributed by atoms with E-state index in [0.717, 1.165) is 52.1 Å². The van der Waals surface area contributed by atoms with Crippen LogP contribution in [0.25, 0.3) is 0 Å².